The highest BCUT2D eigenvalue weighted by Crippen LogP contribution is 2.32. The summed E-state index contributed by atoms with van der Waals surface area (Å²) in [7, 11) is 0. The number of hydrogen-bond acceptors (Lipinski definition) is 3. The molecule has 0 saturated carbocycles. The van der Waals surface area contributed by atoms with Crippen molar-refractivity contribution in [3.05, 3.63) is 60.2 Å². The van der Waals surface area contributed by atoms with E-state index in [9.17, 15) is 5.11 Å². The van der Waals surface area contributed by atoms with Gasteiger partial charge in [0.1, 0.15) is 5.75 Å². The monoisotopic (exact) mass is 281 g/mol. The Hall–Kier alpha value is -2.33. The maximum absolute atomic E-state index is 10.4. The third-order valence-electron chi connectivity index (χ3n) is 3.80. The molecule has 0 radical (unpaired) electrons. The van der Waals surface area contributed by atoms with E-state index in [1.165, 1.54) is 0 Å². The largest absolute Gasteiger partial charge is 0.507 e. The second-order valence-corrected chi connectivity index (χ2v) is 5.23. The van der Waals surface area contributed by atoms with Gasteiger partial charge in [0.15, 0.2) is 0 Å². The Bertz CT molecular complexity index is 722. The molecule has 0 aliphatic rings. The van der Waals surface area contributed by atoms with Gasteiger partial charge in [0.25, 0.3) is 0 Å². The van der Waals surface area contributed by atoms with Crippen molar-refractivity contribution < 1.29 is 5.11 Å². The van der Waals surface area contributed by atoms with Crippen LogP contribution >= 0.6 is 0 Å². The van der Waals surface area contributed by atoms with Crippen molar-refractivity contribution in [2.45, 2.75) is 19.4 Å². The number of aromatic hydroxyl groups is 1. The van der Waals surface area contributed by atoms with Crippen LogP contribution in [0.4, 0.5) is 0 Å². The number of phenols is 1. The predicted octanol–water partition coefficient (Wildman–Crippen LogP) is 3.16. The molecule has 0 bridgehead atoms. The normalized spacial score (nSPS) is 12.6. The molecule has 0 aliphatic heterocycles. The molecule has 21 heavy (non-hydrogen) atoms. The van der Waals surface area contributed by atoms with Gasteiger partial charge >= 0.3 is 0 Å². The van der Waals surface area contributed by atoms with Crippen LogP contribution in [-0.2, 0) is 6.42 Å². The highest BCUT2D eigenvalue weighted by Gasteiger charge is 2.12. The smallest absolute Gasteiger partial charge is 0.128 e. The summed E-state index contributed by atoms with van der Waals surface area (Å²) in [4.78, 5) is 7.09. The maximum atomic E-state index is 10.4. The zero-order chi connectivity index (χ0) is 14.7. The van der Waals surface area contributed by atoms with Crippen LogP contribution < -0.4 is 5.32 Å². The lowest BCUT2D eigenvalue weighted by atomic mass is 10.0. The van der Waals surface area contributed by atoms with Gasteiger partial charge < -0.3 is 15.4 Å². The number of nitrogens with one attached hydrogen (secondary N) is 2. The van der Waals surface area contributed by atoms with Crippen molar-refractivity contribution in [3.63, 3.8) is 0 Å². The first-order valence-corrected chi connectivity index (χ1v) is 7.17. The third kappa shape index (κ3) is 2.90. The van der Waals surface area contributed by atoms with Crippen LogP contribution in [-0.4, -0.2) is 21.6 Å². The number of aromatic nitrogens is 2. The molecule has 4 heteroatoms. The Morgan fingerprint density at radius 1 is 1.24 bits per heavy atom. The Kier molecular flexibility index (Phi) is 3.88. The molecule has 1 aromatic heterocycles. The van der Waals surface area contributed by atoms with Crippen LogP contribution in [0.25, 0.3) is 10.8 Å². The first-order chi connectivity index (χ1) is 10.3. The number of aromatic amines is 1. The number of phenolic OH excluding ortho intramolecular Hbond substituents is 1. The summed E-state index contributed by atoms with van der Waals surface area (Å²) in [6.07, 6.45) is 4.41. The van der Waals surface area contributed by atoms with Gasteiger partial charge in [0.2, 0.25) is 0 Å². The van der Waals surface area contributed by atoms with Gasteiger partial charge in [-0.1, -0.05) is 36.4 Å². The fraction of sp³-hybridized carbons (Fsp3) is 0.235. The van der Waals surface area contributed by atoms with Crippen molar-refractivity contribution >= 4 is 10.8 Å². The van der Waals surface area contributed by atoms with Gasteiger partial charge in [0, 0.05) is 41.8 Å². The minimum atomic E-state index is 0.0949. The Morgan fingerprint density at radius 2 is 2.10 bits per heavy atom. The number of benzene rings is 2. The van der Waals surface area contributed by atoms with Gasteiger partial charge in [0.05, 0.1) is 6.33 Å². The minimum absolute atomic E-state index is 0.0949. The summed E-state index contributed by atoms with van der Waals surface area (Å²) in [5, 5.41) is 15.8. The van der Waals surface area contributed by atoms with Gasteiger partial charge in [-0.05, 0) is 12.3 Å². The summed E-state index contributed by atoms with van der Waals surface area (Å²) < 4.78 is 0. The quantitative estimate of drug-likeness (QED) is 0.673. The molecule has 0 amide bonds. The molecular formula is C17H19N3O. The minimum Gasteiger partial charge on any atom is -0.507 e. The highest BCUT2D eigenvalue weighted by atomic mass is 16.3. The fourth-order valence-corrected chi connectivity index (χ4v) is 2.58. The summed E-state index contributed by atoms with van der Waals surface area (Å²) in [5.41, 5.74) is 2.04. The molecule has 0 fully saturated rings. The van der Waals surface area contributed by atoms with Gasteiger partial charge in [-0.15, -0.1) is 0 Å². The zero-order valence-electron chi connectivity index (χ0n) is 12.0. The number of H-pyrrole nitrogens is 1. The SMILES string of the molecule is CC(NCCc1cnc[nH]1)c1ccc2ccccc2c1O. The van der Waals surface area contributed by atoms with Crippen molar-refractivity contribution in [1.82, 2.24) is 15.3 Å². The van der Waals surface area contributed by atoms with Crippen molar-refractivity contribution in [3.8, 4) is 5.75 Å². The molecule has 1 unspecified atom stereocenters. The second-order valence-electron chi connectivity index (χ2n) is 5.23. The van der Waals surface area contributed by atoms with Crippen LogP contribution in [0.2, 0.25) is 0 Å². The highest BCUT2D eigenvalue weighted by molar-refractivity contribution is 5.89. The topological polar surface area (TPSA) is 60.9 Å². The number of rotatable bonds is 5. The van der Waals surface area contributed by atoms with Crippen LogP contribution in [0.15, 0.2) is 48.9 Å². The molecule has 4 nitrogen and oxygen atoms in total. The molecule has 0 saturated heterocycles. The second kappa shape index (κ2) is 5.97. The van der Waals surface area contributed by atoms with E-state index in [0.29, 0.717) is 5.75 Å². The molecule has 1 atom stereocenters. The van der Waals surface area contributed by atoms with E-state index in [1.54, 1.807) is 6.33 Å². The number of imidazole rings is 1. The molecule has 0 aliphatic carbocycles. The van der Waals surface area contributed by atoms with Crippen molar-refractivity contribution in [2.75, 3.05) is 6.54 Å². The van der Waals surface area contributed by atoms with E-state index in [1.807, 2.05) is 36.5 Å². The summed E-state index contributed by atoms with van der Waals surface area (Å²) in [6.45, 7) is 2.90. The van der Waals surface area contributed by atoms with Gasteiger partial charge in [-0.3, -0.25) is 0 Å². The first-order valence-electron chi connectivity index (χ1n) is 7.17. The predicted molar refractivity (Wildman–Crippen MR) is 84.3 cm³/mol. The molecular weight excluding hydrogens is 262 g/mol. The number of nitrogens with zero attached hydrogens (tertiary/aromatic N) is 1. The van der Waals surface area contributed by atoms with E-state index in [2.05, 4.69) is 28.3 Å². The van der Waals surface area contributed by atoms with E-state index < -0.39 is 0 Å². The first kappa shape index (κ1) is 13.6. The molecule has 1 heterocycles. The Morgan fingerprint density at radius 3 is 2.90 bits per heavy atom. The Balaban J connectivity index is 1.72. The maximum Gasteiger partial charge on any atom is 0.128 e. The van der Waals surface area contributed by atoms with Crippen LogP contribution in [0.3, 0.4) is 0 Å². The third-order valence-corrected chi connectivity index (χ3v) is 3.80. The zero-order valence-corrected chi connectivity index (χ0v) is 12.0. The molecule has 3 rings (SSSR count). The molecule has 3 aromatic rings. The van der Waals surface area contributed by atoms with E-state index >= 15 is 0 Å². The van der Waals surface area contributed by atoms with Gasteiger partial charge in [-0.25, -0.2) is 4.98 Å². The van der Waals surface area contributed by atoms with Crippen molar-refractivity contribution in [2.24, 2.45) is 0 Å². The summed E-state index contributed by atoms with van der Waals surface area (Å²) >= 11 is 0. The van der Waals surface area contributed by atoms with Crippen LogP contribution in [0.1, 0.15) is 24.2 Å². The molecule has 108 valence electrons. The molecule has 3 N–H and O–H groups in total. The van der Waals surface area contributed by atoms with E-state index in [-0.39, 0.29) is 6.04 Å². The van der Waals surface area contributed by atoms with Gasteiger partial charge in [-0.2, -0.15) is 0 Å². The Labute approximate surface area is 123 Å². The van der Waals surface area contributed by atoms with Crippen molar-refractivity contribution in [1.29, 1.82) is 0 Å². The number of fused-ring (bicyclic) bond motifs is 1. The average Bonchev–Trinajstić information content (AvgIpc) is 3.01. The standard InChI is InChI=1S/C17H19N3O/c1-12(19-9-8-14-10-18-11-20-14)15-7-6-13-4-2-3-5-16(13)17(15)21/h2-7,10-12,19,21H,8-9H2,1H3,(H,18,20). The molecule has 0 spiro atoms. The average molecular weight is 281 g/mol. The van der Waals surface area contributed by atoms with Crippen LogP contribution in [0, 0.1) is 0 Å². The summed E-state index contributed by atoms with van der Waals surface area (Å²) in [6, 6.07) is 12.0. The van der Waals surface area contributed by atoms with Crippen LogP contribution in [0.5, 0.6) is 5.75 Å². The number of hydrogen-bond donors (Lipinski definition) is 3. The fourth-order valence-electron chi connectivity index (χ4n) is 2.58. The van der Waals surface area contributed by atoms with E-state index in [0.717, 1.165) is 35.0 Å². The lowest BCUT2D eigenvalue weighted by molar-refractivity contribution is 0.459. The summed E-state index contributed by atoms with van der Waals surface area (Å²) in [5.74, 6) is 0.370. The van der Waals surface area contributed by atoms with E-state index in [4.69, 9.17) is 0 Å². The lowest BCUT2D eigenvalue weighted by Crippen LogP contribution is -2.21. The lowest BCUT2D eigenvalue weighted by Gasteiger charge is -2.16. The molecule has 2 aromatic carbocycles.